The average molecular weight is 370 g/mol. The van der Waals surface area contributed by atoms with Crippen LogP contribution in [0.4, 0.5) is 0 Å². The third-order valence-electron chi connectivity index (χ3n) is 3.70. The Morgan fingerprint density at radius 2 is 1.92 bits per heavy atom. The number of benzene rings is 1. The lowest BCUT2D eigenvalue weighted by Gasteiger charge is -2.12. The SMILES string of the molecule is CCn1[nH]cc(C(=O)c2ccc(S(C)(=O)=O)c(S(C)=O)c2C)c1=O. The zero-order valence-corrected chi connectivity index (χ0v) is 15.4. The Labute approximate surface area is 142 Å². The van der Waals surface area contributed by atoms with Gasteiger partial charge < -0.3 is 5.10 Å². The maximum absolute atomic E-state index is 12.7. The van der Waals surface area contributed by atoms with Crippen molar-refractivity contribution >= 4 is 26.4 Å². The summed E-state index contributed by atoms with van der Waals surface area (Å²) in [7, 11) is -5.20. The third kappa shape index (κ3) is 3.13. The highest BCUT2D eigenvalue weighted by Gasteiger charge is 2.24. The van der Waals surface area contributed by atoms with Crippen molar-refractivity contribution in [1.82, 2.24) is 9.78 Å². The lowest BCUT2D eigenvalue weighted by atomic mass is 10.0. The van der Waals surface area contributed by atoms with E-state index in [1.165, 1.54) is 36.2 Å². The molecule has 9 heteroatoms. The minimum Gasteiger partial charge on any atom is -0.302 e. The molecule has 1 aromatic carbocycles. The Kier molecular flexibility index (Phi) is 4.95. The normalized spacial score (nSPS) is 13.0. The van der Waals surface area contributed by atoms with Crippen LogP contribution in [0.3, 0.4) is 0 Å². The van der Waals surface area contributed by atoms with Crippen molar-refractivity contribution in [3.05, 3.63) is 45.4 Å². The number of ketones is 1. The van der Waals surface area contributed by atoms with E-state index < -0.39 is 32.0 Å². The lowest BCUT2D eigenvalue weighted by molar-refractivity contribution is 0.103. The molecule has 130 valence electrons. The fourth-order valence-corrected chi connectivity index (χ4v) is 5.02. The van der Waals surface area contributed by atoms with Crippen molar-refractivity contribution in [3.63, 3.8) is 0 Å². The molecule has 0 aliphatic rings. The van der Waals surface area contributed by atoms with Crippen molar-refractivity contribution in [2.24, 2.45) is 0 Å². The number of sulfone groups is 1. The van der Waals surface area contributed by atoms with Gasteiger partial charge in [0, 0.05) is 30.8 Å². The second kappa shape index (κ2) is 6.48. The number of hydrogen-bond acceptors (Lipinski definition) is 5. The molecule has 0 saturated carbocycles. The molecule has 0 saturated heterocycles. The lowest BCUT2D eigenvalue weighted by Crippen LogP contribution is -2.22. The number of hydrogen-bond donors (Lipinski definition) is 1. The van der Waals surface area contributed by atoms with Crippen LogP contribution in [0.2, 0.25) is 0 Å². The summed E-state index contributed by atoms with van der Waals surface area (Å²) in [4.78, 5) is 24.8. The largest absolute Gasteiger partial charge is 0.302 e. The van der Waals surface area contributed by atoms with Crippen LogP contribution >= 0.6 is 0 Å². The zero-order valence-electron chi connectivity index (χ0n) is 13.7. The number of nitrogens with zero attached hydrogens (tertiary/aromatic N) is 1. The van der Waals surface area contributed by atoms with Gasteiger partial charge in [0.2, 0.25) is 0 Å². The summed E-state index contributed by atoms with van der Waals surface area (Å²) in [5, 5.41) is 2.69. The predicted molar refractivity (Wildman–Crippen MR) is 90.8 cm³/mol. The topological polar surface area (TPSA) is 106 Å². The highest BCUT2D eigenvalue weighted by Crippen LogP contribution is 2.26. The number of rotatable bonds is 5. The summed E-state index contributed by atoms with van der Waals surface area (Å²) in [5.74, 6) is -0.535. The van der Waals surface area contributed by atoms with E-state index in [4.69, 9.17) is 0 Å². The molecule has 2 aromatic rings. The van der Waals surface area contributed by atoms with Crippen LogP contribution in [0.5, 0.6) is 0 Å². The molecule has 1 aromatic heterocycles. The molecule has 0 amide bonds. The van der Waals surface area contributed by atoms with Gasteiger partial charge in [0.15, 0.2) is 15.6 Å². The Bertz CT molecular complexity index is 999. The Morgan fingerprint density at radius 3 is 2.38 bits per heavy atom. The first-order valence-corrected chi connectivity index (χ1v) is 10.5. The standard InChI is InChI=1S/C15H18N2O5S2/c1-5-17-15(19)11(8-16-17)13(18)10-6-7-12(24(4,21)22)14(9(10)2)23(3)20/h6-8,16H,5H2,1-4H3. The van der Waals surface area contributed by atoms with E-state index in [1.54, 1.807) is 6.92 Å². The Morgan fingerprint density at radius 1 is 1.29 bits per heavy atom. The maximum Gasteiger partial charge on any atom is 0.277 e. The molecule has 0 radical (unpaired) electrons. The van der Waals surface area contributed by atoms with Crippen LogP contribution < -0.4 is 5.56 Å². The van der Waals surface area contributed by atoms with E-state index >= 15 is 0 Å². The van der Waals surface area contributed by atoms with Gasteiger partial charge in [-0.1, -0.05) is 0 Å². The zero-order chi connectivity index (χ0) is 18.2. The van der Waals surface area contributed by atoms with Crippen LogP contribution in [0.25, 0.3) is 0 Å². The first kappa shape index (κ1) is 18.3. The predicted octanol–water partition coefficient (Wildman–Crippen LogP) is 0.877. The van der Waals surface area contributed by atoms with E-state index in [9.17, 15) is 22.2 Å². The molecule has 0 bridgehead atoms. The van der Waals surface area contributed by atoms with Gasteiger partial charge in [-0.3, -0.25) is 18.5 Å². The van der Waals surface area contributed by atoms with E-state index in [1.807, 2.05) is 0 Å². The fraction of sp³-hybridized carbons (Fsp3) is 0.333. The summed E-state index contributed by atoms with van der Waals surface area (Å²) >= 11 is 0. The summed E-state index contributed by atoms with van der Waals surface area (Å²) in [5.41, 5.74) is -0.0347. The molecular formula is C15H18N2O5S2. The monoisotopic (exact) mass is 370 g/mol. The molecular weight excluding hydrogens is 352 g/mol. The number of carbonyl (C=O) groups is 1. The van der Waals surface area contributed by atoms with Crippen molar-refractivity contribution < 1.29 is 17.4 Å². The van der Waals surface area contributed by atoms with Gasteiger partial charge in [-0.05, 0) is 31.5 Å². The van der Waals surface area contributed by atoms with E-state index in [0.29, 0.717) is 12.1 Å². The molecule has 1 atom stereocenters. The first-order chi connectivity index (χ1) is 11.1. The molecule has 0 aliphatic heterocycles. The summed E-state index contributed by atoms with van der Waals surface area (Å²) in [6, 6.07) is 2.62. The second-order valence-corrected chi connectivity index (χ2v) is 8.66. The third-order valence-corrected chi connectivity index (χ3v) is 6.07. The Hall–Kier alpha value is -2.00. The smallest absolute Gasteiger partial charge is 0.277 e. The highest BCUT2D eigenvalue weighted by molar-refractivity contribution is 7.92. The van der Waals surface area contributed by atoms with Crippen molar-refractivity contribution in [2.45, 2.75) is 30.2 Å². The van der Waals surface area contributed by atoms with Crippen molar-refractivity contribution in [1.29, 1.82) is 0 Å². The van der Waals surface area contributed by atoms with Crippen LogP contribution in [0.15, 0.2) is 32.9 Å². The molecule has 1 N–H and O–H groups in total. The number of aryl methyl sites for hydroxylation is 1. The van der Waals surface area contributed by atoms with Crippen molar-refractivity contribution in [3.8, 4) is 0 Å². The first-order valence-electron chi connectivity index (χ1n) is 7.09. The van der Waals surface area contributed by atoms with Crippen LogP contribution in [0.1, 0.15) is 28.4 Å². The van der Waals surface area contributed by atoms with E-state index in [-0.39, 0.29) is 20.9 Å². The molecule has 0 fully saturated rings. The number of aromatic amines is 1. The number of H-pyrrole nitrogens is 1. The maximum atomic E-state index is 12.7. The molecule has 2 rings (SSSR count). The van der Waals surface area contributed by atoms with E-state index in [2.05, 4.69) is 5.10 Å². The summed E-state index contributed by atoms with van der Waals surface area (Å²) < 4.78 is 37.1. The quantitative estimate of drug-likeness (QED) is 0.786. The number of nitrogens with one attached hydrogen (secondary N) is 1. The van der Waals surface area contributed by atoms with Gasteiger partial charge in [-0.25, -0.2) is 8.42 Å². The molecule has 7 nitrogen and oxygen atoms in total. The van der Waals surface area contributed by atoms with Gasteiger partial charge in [0.1, 0.15) is 5.56 Å². The number of aromatic nitrogens is 2. The van der Waals surface area contributed by atoms with Gasteiger partial charge in [-0.15, -0.1) is 0 Å². The number of carbonyl (C=O) groups excluding carboxylic acids is 1. The molecule has 0 aliphatic carbocycles. The van der Waals surface area contributed by atoms with Crippen LogP contribution in [0, 0.1) is 6.92 Å². The van der Waals surface area contributed by atoms with Gasteiger partial charge in [0.05, 0.1) is 20.6 Å². The summed E-state index contributed by atoms with van der Waals surface area (Å²) in [6.45, 7) is 3.68. The van der Waals surface area contributed by atoms with Gasteiger partial charge >= 0.3 is 0 Å². The van der Waals surface area contributed by atoms with Gasteiger partial charge in [-0.2, -0.15) is 0 Å². The van der Waals surface area contributed by atoms with E-state index in [0.717, 1.165) is 6.26 Å². The van der Waals surface area contributed by atoms with Crippen LogP contribution in [-0.4, -0.2) is 40.7 Å². The molecule has 1 heterocycles. The van der Waals surface area contributed by atoms with Crippen LogP contribution in [-0.2, 0) is 27.2 Å². The fourth-order valence-electron chi connectivity index (χ4n) is 2.51. The summed E-state index contributed by atoms with van der Waals surface area (Å²) in [6.07, 6.45) is 3.69. The minimum absolute atomic E-state index is 0.0418. The second-order valence-electron chi connectivity index (χ2n) is 5.36. The molecule has 0 spiro atoms. The minimum atomic E-state index is -3.59. The molecule has 24 heavy (non-hydrogen) atoms. The van der Waals surface area contributed by atoms with Crippen molar-refractivity contribution in [2.75, 3.05) is 12.5 Å². The average Bonchev–Trinajstić information content (AvgIpc) is 2.85. The Balaban J connectivity index is 2.70. The molecule has 1 unspecified atom stereocenters. The highest BCUT2D eigenvalue weighted by atomic mass is 32.2. The van der Waals surface area contributed by atoms with Gasteiger partial charge in [0.25, 0.3) is 5.56 Å².